The second-order valence-electron chi connectivity index (χ2n) is 10.9. The summed E-state index contributed by atoms with van der Waals surface area (Å²) in [5.74, 6) is 0. The number of urea groups is 1. The van der Waals surface area contributed by atoms with Gasteiger partial charge in [-0.3, -0.25) is 0 Å². The van der Waals surface area contributed by atoms with Crippen LogP contribution in [0.15, 0.2) is 50.0 Å². The van der Waals surface area contributed by atoms with Crippen molar-refractivity contribution in [1.82, 2.24) is 10.6 Å². The predicted octanol–water partition coefficient (Wildman–Crippen LogP) is 4.07. The van der Waals surface area contributed by atoms with Gasteiger partial charge in [0.2, 0.25) is 0 Å². The predicted molar refractivity (Wildman–Crippen MR) is 130 cm³/mol. The van der Waals surface area contributed by atoms with E-state index in [0.29, 0.717) is 5.56 Å². The highest BCUT2D eigenvalue weighted by Gasteiger charge is 2.46. The first kappa shape index (κ1) is 24.5. The van der Waals surface area contributed by atoms with E-state index in [4.69, 9.17) is 5.14 Å². The first-order valence-corrected chi connectivity index (χ1v) is 13.1. The third-order valence-electron chi connectivity index (χ3n) is 7.28. The number of hydrogen-bond acceptors (Lipinski definition) is 5. The molecule has 0 spiro atoms. The first-order valence-electron chi connectivity index (χ1n) is 11.6. The van der Waals surface area contributed by atoms with Gasteiger partial charge < -0.3 is 15.7 Å². The Morgan fingerprint density at radius 3 is 2.62 bits per heavy atom. The number of nitrogens with one attached hydrogen (secondary N) is 2. The van der Waals surface area contributed by atoms with Crippen molar-refractivity contribution in [2.45, 2.75) is 82.8 Å². The molecule has 8 nitrogen and oxygen atoms in total. The molecule has 1 heterocycles. The molecule has 0 aromatic heterocycles. The van der Waals surface area contributed by atoms with Crippen LogP contribution in [-0.2, 0) is 15.5 Å². The van der Waals surface area contributed by atoms with Crippen LogP contribution < -0.4 is 15.8 Å². The Morgan fingerprint density at radius 1 is 1.26 bits per heavy atom. The van der Waals surface area contributed by atoms with E-state index in [-0.39, 0.29) is 21.4 Å². The average molecular weight is 484 g/mol. The molecule has 1 aromatic rings. The first-order chi connectivity index (χ1) is 15.7. The van der Waals surface area contributed by atoms with Crippen LogP contribution in [0.1, 0.15) is 77.8 Å². The maximum Gasteiger partial charge on any atom is 0.354 e. The molecule has 1 aromatic carbocycles. The molecule has 0 radical (unpaired) electrons. The lowest BCUT2D eigenvalue weighted by atomic mass is 9.82. The lowest BCUT2D eigenvalue weighted by Gasteiger charge is -2.40. The molecular formula is C25H33N5O3S. The molecule has 1 aliphatic heterocycles. The van der Waals surface area contributed by atoms with Crippen molar-refractivity contribution in [2.24, 2.45) is 14.9 Å². The Hall–Kier alpha value is -2.67. The molecule has 4 rings (SSSR count). The van der Waals surface area contributed by atoms with Crippen LogP contribution in [0.4, 0.5) is 4.79 Å². The lowest BCUT2D eigenvalue weighted by molar-refractivity contribution is 0.0783. The number of nitrogens with zero attached hydrogens (tertiary/aromatic N) is 2. The summed E-state index contributed by atoms with van der Waals surface area (Å²) in [5.41, 5.74) is 3.18. The fourth-order valence-electron chi connectivity index (χ4n) is 5.28. The maximum absolute atomic E-state index is 13.3. The Balaban J connectivity index is 1.73. The van der Waals surface area contributed by atoms with Crippen molar-refractivity contribution >= 4 is 15.9 Å². The molecule has 1 saturated carbocycles. The van der Waals surface area contributed by atoms with E-state index in [1.54, 1.807) is 13.8 Å². The van der Waals surface area contributed by atoms with E-state index in [2.05, 4.69) is 35.8 Å². The fourth-order valence-corrected chi connectivity index (χ4v) is 6.26. The SMILES string of the molecule is CC1(C)CCC2=C1NC1(C)CCCC1=C2NC(=O)N=S(N)(=O)c1cc(C#N)cc(C(C)(C)O)c1. The summed E-state index contributed by atoms with van der Waals surface area (Å²) in [5, 5.41) is 32.4. The largest absolute Gasteiger partial charge is 0.386 e. The molecule has 2 amide bonds. The maximum atomic E-state index is 13.3. The van der Waals surface area contributed by atoms with Crippen LogP contribution >= 0.6 is 0 Å². The molecule has 2 aliphatic carbocycles. The number of carbonyl (C=O) groups excluding carboxylic acids is 1. The van der Waals surface area contributed by atoms with E-state index >= 15 is 0 Å². The third-order valence-corrected chi connectivity index (χ3v) is 8.63. The normalized spacial score (nSPS) is 25.1. The molecule has 1 fully saturated rings. The number of benzene rings is 1. The zero-order valence-corrected chi connectivity index (χ0v) is 21.2. The number of nitrogens with two attached hydrogens (primary N) is 1. The summed E-state index contributed by atoms with van der Waals surface area (Å²) in [6, 6.07) is 5.47. The molecule has 2 unspecified atom stereocenters. The van der Waals surface area contributed by atoms with Gasteiger partial charge in [-0.2, -0.15) is 5.26 Å². The molecule has 2 atom stereocenters. The minimum Gasteiger partial charge on any atom is -0.386 e. The summed E-state index contributed by atoms with van der Waals surface area (Å²) in [4.78, 5) is 13.1. The minimum atomic E-state index is -3.66. The van der Waals surface area contributed by atoms with E-state index in [1.165, 1.54) is 18.2 Å². The number of dihydropyridines is 1. The van der Waals surface area contributed by atoms with Crippen LogP contribution in [0.5, 0.6) is 0 Å². The van der Waals surface area contributed by atoms with Crippen LogP contribution in [-0.4, -0.2) is 20.9 Å². The van der Waals surface area contributed by atoms with E-state index in [9.17, 15) is 19.4 Å². The van der Waals surface area contributed by atoms with Gasteiger partial charge in [-0.05, 0) is 87.8 Å². The average Bonchev–Trinajstić information content (AvgIpc) is 3.26. The Kier molecular flexibility index (Phi) is 5.71. The van der Waals surface area contributed by atoms with Gasteiger partial charge in [0.05, 0.1) is 27.7 Å². The van der Waals surface area contributed by atoms with Crippen LogP contribution in [0, 0.1) is 16.7 Å². The second-order valence-corrected chi connectivity index (χ2v) is 12.7. The summed E-state index contributed by atoms with van der Waals surface area (Å²) in [6.07, 6.45) is 4.67. The fraction of sp³-hybridized carbons (Fsp3) is 0.520. The Labute approximate surface area is 201 Å². The van der Waals surface area contributed by atoms with Crippen molar-refractivity contribution in [1.29, 1.82) is 5.26 Å². The third kappa shape index (κ3) is 4.26. The highest BCUT2D eigenvalue weighted by molar-refractivity contribution is 7.91. The molecular weight excluding hydrogens is 450 g/mol. The van der Waals surface area contributed by atoms with Crippen LogP contribution in [0.2, 0.25) is 0 Å². The van der Waals surface area contributed by atoms with Crippen LogP contribution in [0.25, 0.3) is 0 Å². The Bertz CT molecular complexity index is 1300. The van der Waals surface area contributed by atoms with Gasteiger partial charge in [-0.15, -0.1) is 4.36 Å². The van der Waals surface area contributed by atoms with Gasteiger partial charge in [-0.25, -0.2) is 14.1 Å². The lowest BCUT2D eigenvalue weighted by Crippen LogP contribution is -2.48. The topological polar surface area (TPSA) is 141 Å². The van der Waals surface area contributed by atoms with Crippen molar-refractivity contribution in [2.75, 3.05) is 0 Å². The van der Waals surface area contributed by atoms with Crippen molar-refractivity contribution in [3.05, 3.63) is 51.9 Å². The molecule has 9 heteroatoms. The molecule has 3 aliphatic rings. The standard InChI is InChI=1S/C25H33N5O3S/c1-23(2)10-8-18-20(19-7-6-9-25(19,5)29-21(18)23)28-22(31)30-34(27,33)17-12-15(14-26)11-16(13-17)24(3,4)32/h11-13,29,32H,6-10H2,1-5H3,(H3,27,28,30,31,33). The van der Waals surface area contributed by atoms with Crippen molar-refractivity contribution < 1.29 is 14.1 Å². The summed E-state index contributed by atoms with van der Waals surface area (Å²) in [7, 11) is -3.66. The second kappa shape index (κ2) is 7.94. The van der Waals surface area contributed by atoms with Gasteiger partial charge in [-0.1, -0.05) is 13.8 Å². The number of nitriles is 1. The summed E-state index contributed by atoms with van der Waals surface area (Å²) in [6.45, 7) is 9.66. The molecule has 34 heavy (non-hydrogen) atoms. The number of carbonyl (C=O) groups is 1. The van der Waals surface area contributed by atoms with Crippen LogP contribution in [0.3, 0.4) is 0 Å². The molecule has 5 N–H and O–H groups in total. The zero-order chi connectivity index (χ0) is 25.1. The molecule has 182 valence electrons. The van der Waals surface area contributed by atoms with Crippen molar-refractivity contribution in [3.8, 4) is 6.07 Å². The molecule has 0 bridgehead atoms. The number of fused-ring (bicyclic) bond motifs is 1. The Morgan fingerprint density at radius 2 is 1.97 bits per heavy atom. The van der Waals surface area contributed by atoms with E-state index in [1.807, 2.05) is 6.07 Å². The van der Waals surface area contributed by atoms with E-state index in [0.717, 1.165) is 54.6 Å². The smallest absolute Gasteiger partial charge is 0.354 e. The van der Waals surface area contributed by atoms with Crippen molar-refractivity contribution in [3.63, 3.8) is 0 Å². The van der Waals surface area contributed by atoms with Gasteiger partial charge in [0, 0.05) is 16.8 Å². The zero-order valence-electron chi connectivity index (χ0n) is 20.4. The number of amides is 2. The highest BCUT2D eigenvalue weighted by Crippen LogP contribution is 2.51. The van der Waals surface area contributed by atoms with Gasteiger partial charge in [0.25, 0.3) is 0 Å². The summed E-state index contributed by atoms with van der Waals surface area (Å²) < 4.78 is 17.2. The quantitative estimate of drug-likeness (QED) is 0.513. The summed E-state index contributed by atoms with van der Waals surface area (Å²) >= 11 is 0. The molecule has 0 saturated heterocycles. The number of rotatable bonds is 3. The van der Waals surface area contributed by atoms with Gasteiger partial charge >= 0.3 is 6.03 Å². The number of hydrogen-bond donors (Lipinski definition) is 4. The van der Waals surface area contributed by atoms with E-state index < -0.39 is 21.5 Å². The highest BCUT2D eigenvalue weighted by atomic mass is 32.2. The van der Waals surface area contributed by atoms with Gasteiger partial charge in [0.15, 0.2) is 0 Å². The van der Waals surface area contributed by atoms with Gasteiger partial charge in [0.1, 0.15) is 9.92 Å². The number of allylic oxidation sites excluding steroid dienone is 2. The monoisotopic (exact) mass is 483 g/mol. The minimum absolute atomic E-state index is 0.0216. The number of aliphatic hydroxyl groups is 1.